The molecule has 1 aliphatic rings. The van der Waals surface area contributed by atoms with Crippen molar-refractivity contribution in [2.75, 3.05) is 19.6 Å². The largest absolute Gasteiger partial charge is 0.444 e. The van der Waals surface area contributed by atoms with Crippen LogP contribution in [0.3, 0.4) is 0 Å². The molecular weight excluding hydrogens is 244 g/mol. The number of hydrogen-bond acceptors (Lipinski definition) is 4. The summed E-state index contributed by atoms with van der Waals surface area (Å²) in [6.07, 6.45) is 3.41. The second-order valence-electron chi connectivity index (χ2n) is 5.86. The highest BCUT2D eigenvalue weighted by atomic mass is 16.6. The van der Waals surface area contributed by atoms with E-state index < -0.39 is 5.60 Å². The average Bonchev–Trinajstić information content (AvgIpc) is 2.73. The maximum atomic E-state index is 12.2. The number of nitrogens with one attached hydrogen (secondary N) is 1. The SMILES string of the molecule is Cn1cnc(C2CNCCN2C(=O)OC(C)(C)C)c1. The zero-order valence-corrected chi connectivity index (χ0v) is 12.0. The smallest absolute Gasteiger partial charge is 0.410 e. The van der Waals surface area contributed by atoms with Crippen LogP contribution in [0.2, 0.25) is 0 Å². The van der Waals surface area contributed by atoms with Crippen LogP contribution >= 0.6 is 0 Å². The van der Waals surface area contributed by atoms with Gasteiger partial charge in [0.25, 0.3) is 0 Å². The van der Waals surface area contributed by atoms with E-state index >= 15 is 0 Å². The molecule has 2 heterocycles. The van der Waals surface area contributed by atoms with E-state index in [0.29, 0.717) is 13.1 Å². The van der Waals surface area contributed by atoms with Crippen molar-refractivity contribution in [3.05, 3.63) is 18.2 Å². The third-order valence-corrected chi connectivity index (χ3v) is 2.94. The van der Waals surface area contributed by atoms with Gasteiger partial charge in [0.15, 0.2) is 0 Å². The molecule has 1 aromatic rings. The Hall–Kier alpha value is -1.56. The van der Waals surface area contributed by atoms with Crippen molar-refractivity contribution in [3.8, 4) is 0 Å². The molecule has 2 rings (SSSR count). The van der Waals surface area contributed by atoms with Gasteiger partial charge in [-0.25, -0.2) is 9.78 Å². The van der Waals surface area contributed by atoms with E-state index in [2.05, 4.69) is 10.3 Å². The van der Waals surface area contributed by atoms with Crippen molar-refractivity contribution in [1.29, 1.82) is 0 Å². The highest BCUT2D eigenvalue weighted by Crippen LogP contribution is 2.23. The number of carbonyl (C=O) groups is 1. The molecule has 0 aromatic carbocycles. The molecule has 0 saturated carbocycles. The highest BCUT2D eigenvalue weighted by molar-refractivity contribution is 5.69. The fourth-order valence-corrected chi connectivity index (χ4v) is 2.11. The summed E-state index contributed by atoms with van der Waals surface area (Å²) in [5.74, 6) is 0. The molecule has 1 N–H and O–H groups in total. The number of rotatable bonds is 1. The second kappa shape index (κ2) is 5.21. The summed E-state index contributed by atoms with van der Waals surface area (Å²) < 4.78 is 7.35. The third-order valence-electron chi connectivity index (χ3n) is 2.94. The molecule has 1 aromatic heterocycles. The summed E-state index contributed by atoms with van der Waals surface area (Å²) in [6, 6.07) is -0.0650. The summed E-state index contributed by atoms with van der Waals surface area (Å²) in [4.78, 5) is 18.3. The lowest BCUT2D eigenvalue weighted by molar-refractivity contribution is 0.0113. The average molecular weight is 266 g/mol. The Morgan fingerprint density at radius 2 is 2.26 bits per heavy atom. The van der Waals surface area contributed by atoms with Gasteiger partial charge in [-0.05, 0) is 20.8 Å². The Morgan fingerprint density at radius 1 is 1.53 bits per heavy atom. The molecule has 6 nitrogen and oxygen atoms in total. The normalized spacial score (nSPS) is 20.4. The van der Waals surface area contributed by atoms with E-state index in [1.54, 1.807) is 11.2 Å². The molecule has 1 atom stereocenters. The fourth-order valence-electron chi connectivity index (χ4n) is 2.11. The Balaban J connectivity index is 2.14. The lowest BCUT2D eigenvalue weighted by Crippen LogP contribution is -2.50. The number of ether oxygens (including phenoxy) is 1. The predicted molar refractivity (Wildman–Crippen MR) is 71.8 cm³/mol. The molecular formula is C13H22N4O2. The minimum Gasteiger partial charge on any atom is -0.444 e. The maximum Gasteiger partial charge on any atom is 0.410 e. The van der Waals surface area contributed by atoms with Gasteiger partial charge >= 0.3 is 6.09 Å². The lowest BCUT2D eigenvalue weighted by atomic mass is 10.1. The summed E-state index contributed by atoms with van der Waals surface area (Å²) >= 11 is 0. The highest BCUT2D eigenvalue weighted by Gasteiger charge is 2.32. The van der Waals surface area contributed by atoms with Crippen LogP contribution in [0.5, 0.6) is 0 Å². The first-order valence-corrected chi connectivity index (χ1v) is 6.55. The molecule has 1 amide bonds. The van der Waals surface area contributed by atoms with Gasteiger partial charge in [0.2, 0.25) is 0 Å². The Kier molecular flexibility index (Phi) is 3.80. The lowest BCUT2D eigenvalue weighted by Gasteiger charge is -2.36. The summed E-state index contributed by atoms with van der Waals surface area (Å²) in [5.41, 5.74) is 0.414. The number of piperazine rings is 1. The monoisotopic (exact) mass is 266 g/mol. The molecule has 0 spiro atoms. The number of imidazole rings is 1. The van der Waals surface area contributed by atoms with Crippen LogP contribution in [-0.2, 0) is 11.8 Å². The molecule has 6 heteroatoms. The van der Waals surface area contributed by atoms with Crippen molar-refractivity contribution in [2.24, 2.45) is 7.05 Å². The fraction of sp³-hybridized carbons (Fsp3) is 0.692. The number of aromatic nitrogens is 2. The van der Waals surface area contributed by atoms with Crippen LogP contribution in [0.1, 0.15) is 32.5 Å². The van der Waals surface area contributed by atoms with Crippen LogP contribution in [0.15, 0.2) is 12.5 Å². The van der Waals surface area contributed by atoms with Crippen molar-refractivity contribution in [3.63, 3.8) is 0 Å². The van der Waals surface area contributed by atoms with E-state index in [-0.39, 0.29) is 12.1 Å². The molecule has 1 saturated heterocycles. The third kappa shape index (κ3) is 3.47. The van der Waals surface area contributed by atoms with E-state index in [0.717, 1.165) is 12.2 Å². The van der Waals surface area contributed by atoms with Gasteiger partial charge < -0.3 is 14.6 Å². The van der Waals surface area contributed by atoms with E-state index in [1.807, 2.05) is 38.6 Å². The summed E-state index contributed by atoms with van der Waals surface area (Å²) in [7, 11) is 1.92. The van der Waals surface area contributed by atoms with Gasteiger partial charge in [0.05, 0.1) is 18.1 Å². The van der Waals surface area contributed by atoms with Gasteiger partial charge in [0.1, 0.15) is 5.60 Å². The van der Waals surface area contributed by atoms with E-state index in [1.165, 1.54) is 0 Å². The van der Waals surface area contributed by atoms with Gasteiger partial charge in [-0.2, -0.15) is 0 Å². The minimum absolute atomic E-state index is 0.0650. The molecule has 19 heavy (non-hydrogen) atoms. The van der Waals surface area contributed by atoms with Crippen LogP contribution in [0.4, 0.5) is 4.79 Å². The van der Waals surface area contributed by atoms with Gasteiger partial charge in [0, 0.05) is 32.9 Å². The quantitative estimate of drug-likeness (QED) is 0.832. The predicted octanol–water partition coefficient (Wildman–Crippen LogP) is 1.30. The van der Waals surface area contributed by atoms with Crippen LogP contribution in [0, 0.1) is 0 Å². The van der Waals surface area contributed by atoms with Crippen LogP contribution in [0.25, 0.3) is 0 Å². The van der Waals surface area contributed by atoms with Gasteiger partial charge in [-0.1, -0.05) is 0 Å². The molecule has 1 fully saturated rings. The minimum atomic E-state index is -0.476. The molecule has 1 unspecified atom stereocenters. The zero-order valence-electron chi connectivity index (χ0n) is 12.0. The number of carbonyl (C=O) groups excluding carboxylic acids is 1. The maximum absolute atomic E-state index is 12.2. The number of amides is 1. The first-order chi connectivity index (χ1) is 8.87. The molecule has 0 aliphatic carbocycles. The number of nitrogens with zero attached hydrogens (tertiary/aromatic N) is 3. The standard InChI is InChI=1S/C13H22N4O2/c1-13(2,3)19-12(18)17-6-5-14-7-11(17)10-8-16(4)9-15-10/h8-9,11,14H,5-7H2,1-4H3. The van der Waals surface area contributed by atoms with Crippen LogP contribution < -0.4 is 5.32 Å². The van der Waals surface area contributed by atoms with Crippen molar-refractivity contribution < 1.29 is 9.53 Å². The summed E-state index contributed by atoms with van der Waals surface area (Å²) in [5, 5.41) is 3.29. The second-order valence-corrected chi connectivity index (χ2v) is 5.86. The van der Waals surface area contributed by atoms with Crippen molar-refractivity contribution in [2.45, 2.75) is 32.4 Å². The Bertz CT molecular complexity index is 450. The van der Waals surface area contributed by atoms with Crippen LogP contribution in [-0.4, -0.2) is 45.8 Å². The van der Waals surface area contributed by atoms with E-state index in [4.69, 9.17) is 4.74 Å². The topological polar surface area (TPSA) is 59.4 Å². The number of hydrogen-bond donors (Lipinski definition) is 1. The van der Waals surface area contributed by atoms with Gasteiger partial charge in [-0.3, -0.25) is 4.90 Å². The van der Waals surface area contributed by atoms with Gasteiger partial charge in [-0.15, -0.1) is 0 Å². The molecule has 106 valence electrons. The van der Waals surface area contributed by atoms with E-state index in [9.17, 15) is 4.79 Å². The number of aryl methyl sites for hydroxylation is 1. The Morgan fingerprint density at radius 3 is 2.84 bits per heavy atom. The van der Waals surface area contributed by atoms with Crippen molar-refractivity contribution >= 4 is 6.09 Å². The molecule has 0 radical (unpaired) electrons. The summed E-state index contributed by atoms with van der Waals surface area (Å²) in [6.45, 7) is 7.75. The molecule has 1 aliphatic heterocycles. The molecule has 0 bridgehead atoms. The first kappa shape index (κ1) is 13.9. The first-order valence-electron chi connectivity index (χ1n) is 6.55. The zero-order chi connectivity index (χ0) is 14.0. The van der Waals surface area contributed by atoms with Crippen molar-refractivity contribution in [1.82, 2.24) is 19.8 Å². The Labute approximate surface area is 113 Å².